The lowest BCUT2D eigenvalue weighted by Crippen LogP contribution is -2.50. The predicted octanol–water partition coefficient (Wildman–Crippen LogP) is 2.23. The average molecular weight is 497 g/mol. The highest BCUT2D eigenvalue weighted by Gasteiger charge is 2.37. The summed E-state index contributed by atoms with van der Waals surface area (Å²) in [5.74, 6) is 1.76. The summed E-state index contributed by atoms with van der Waals surface area (Å²) in [6.45, 7) is 5.89. The van der Waals surface area contributed by atoms with Gasteiger partial charge in [-0.3, -0.25) is 14.4 Å². The third kappa shape index (κ3) is 6.02. The average Bonchev–Trinajstić information content (AvgIpc) is 3.73. The molecule has 2 saturated heterocycles. The normalized spacial score (nSPS) is 26.2. The van der Waals surface area contributed by atoms with Crippen LogP contribution in [0.1, 0.15) is 44.1 Å². The second-order valence-corrected chi connectivity index (χ2v) is 11.1. The van der Waals surface area contributed by atoms with Crippen molar-refractivity contribution in [1.29, 1.82) is 0 Å². The summed E-state index contributed by atoms with van der Waals surface area (Å²) >= 11 is 0. The molecule has 8 heteroatoms. The van der Waals surface area contributed by atoms with Crippen molar-refractivity contribution in [2.24, 2.45) is 17.8 Å². The molecular formula is C28H40N4O4. The van der Waals surface area contributed by atoms with Gasteiger partial charge in [-0.1, -0.05) is 18.2 Å². The molecule has 0 spiro atoms. The SMILES string of the molecule is CN1CCN(C(=O)C[C@@H]2CCN3C[C@@H]2CCCOc2ccccc2CN(C(=O)C2CC2)CC3=O)CC1. The van der Waals surface area contributed by atoms with Gasteiger partial charge in [0.15, 0.2) is 0 Å². The quantitative estimate of drug-likeness (QED) is 0.642. The van der Waals surface area contributed by atoms with E-state index in [1.165, 1.54) is 0 Å². The molecule has 8 nitrogen and oxygen atoms in total. The van der Waals surface area contributed by atoms with Gasteiger partial charge >= 0.3 is 0 Å². The molecule has 3 heterocycles. The van der Waals surface area contributed by atoms with Crippen LogP contribution >= 0.6 is 0 Å². The van der Waals surface area contributed by atoms with Gasteiger partial charge in [0.25, 0.3) is 0 Å². The molecule has 1 aromatic carbocycles. The van der Waals surface area contributed by atoms with Crippen LogP contribution in [0, 0.1) is 17.8 Å². The van der Waals surface area contributed by atoms with Crippen LogP contribution in [0.4, 0.5) is 0 Å². The van der Waals surface area contributed by atoms with E-state index in [0.29, 0.717) is 32.7 Å². The maximum atomic E-state index is 13.4. The number of para-hydroxylation sites is 1. The third-order valence-electron chi connectivity index (χ3n) is 8.41. The van der Waals surface area contributed by atoms with Crippen molar-refractivity contribution in [2.75, 3.05) is 59.5 Å². The number of likely N-dealkylation sites (N-methyl/N-ethyl adjacent to an activating group) is 1. The van der Waals surface area contributed by atoms with Gasteiger partial charge in [-0.25, -0.2) is 0 Å². The van der Waals surface area contributed by atoms with Gasteiger partial charge in [0.1, 0.15) is 12.3 Å². The predicted molar refractivity (Wildman–Crippen MR) is 136 cm³/mol. The molecule has 0 aromatic heterocycles. The van der Waals surface area contributed by atoms with Crippen LogP contribution in [0.5, 0.6) is 5.75 Å². The number of hydrogen-bond acceptors (Lipinski definition) is 5. The second kappa shape index (κ2) is 11.2. The van der Waals surface area contributed by atoms with Crippen LogP contribution in [0.2, 0.25) is 0 Å². The lowest BCUT2D eigenvalue weighted by Gasteiger charge is -2.40. The molecule has 36 heavy (non-hydrogen) atoms. The van der Waals surface area contributed by atoms with Crippen molar-refractivity contribution in [3.63, 3.8) is 0 Å². The smallest absolute Gasteiger partial charge is 0.242 e. The maximum Gasteiger partial charge on any atom is 0.242 e. The fourth-order valence-corrected chi connectivity index (χ4v) is 5.88. The minimum Gasteiger partial charge on any atom is -0.493 e. The summed E-state index contributed by atoms with van der Waals surface area (Å²) in [5, 5.41) is 0. The van der Waals surface area contributed by atoms with Crippen molar-refractivity contribution in [1.82, 2.24) is 19.6 Å². The first-order valence-corrected chi connectivity index (χ1v) is 13.7. The number of ether oxygens (including phenoxy) is 1. The van der Waals surface area contributed by atoms with Crippen LogP contribution in [-0.2, 0) is 20.9 Å². The lowest BCUT2D eigenvalue weighted by molar-refractivity contribution is -0.143. The standard InChI is InChI=1S/C28H40N4O4/c1-29-12-14-30(15-13-29)26(33)17-22-10-11-31-18-23(22)6-4-16-36-25-7-3-2-5-24(25)19-32(20-27(31)34)28(35)21-8-9-21/h2-3,5,7,21-23H,4,6,8-20H2,1H3/t22-,23-/m0/s1. The van der Waals surface area contributed by atoms with Crippen molar-refractivity contribution in [2.45, 2.75) is 45.1 Å². The number of benzene rings is 1. The summed E-state index contributed by atoms with van der Waals surface area (Å²) in [6.07, 6.45) is 5.04. The minimum absolute atomic E-state index is 0.0236. The molecule has 5 rings (SSSR count). The Morgan fingerprint density at radius 1 is 0.944 bits per heavy atom. The molecule has 3 aliphatic heterocycles. The van der Waals surface area contributed by atoms with Crippen molar-refractivity contribution in [3.8, 4) is 5.75 Å². The number of fused-ring (bicyclic) bond motifs is 3. The summed E-state index contributed by atoms with van der Waals surface area (Å²) in [5.41, 5.74) is 0.951. The van der Waals surface area contributed by atoms with Crippen LogP contribution < -0.4 is 4.74 Å². The Kier molecular flexibility index (Phi) is 7.79. The largest absolute Gasteiger partial charge is 0.493 e. The van der Waals surface area contributed by atoms with E-state index >= 15 is 0 Å². The number of piperazine rings is 1. The first-order valence-electron chi connectivity index (χ1n) is 13.7. The zero-order chi connectivity index (χ0) is 25.1. The highest BCUT2D eigenvalue weighted by atomic mass is 16.5. The van der Waals surface area contributed by atoms with Gasteiger partial charge in [0.05, 0.1) is 6.61 Å². The van der Waals surface area contributed by atoms with Gasteiger partial charge in [0, 0.05) is 63.7 Å². The number of rotatable bonds is 3. The Balaban J connectivity index is 1.30. The summed E-state index contributed by atoms with van der Waals surface area (Å²) in [4.78, 5) is 47.6. The van der Waals surface area contributed by atoms with E-state index in [9.17, 15) is 14.4 Å². The van der Waals surface area contributed by atoms with E-state index in [1.807, 2.05) is 34.1 Å². The Bertz CT molecular complexity index is 957. The molecule has 0 N–H and O–H groups in total. The second-order valence-electron chi connectivity index (χ2n) is 11.1. The molecule has 4 aliphatic rings. The highest BCUT2D eigenvalue weighted by Crippen LogP contribution is 2.34. The van der Waals surface area contributed by atoms with Crippen molar-refractivity contribution in [3.05, 3.63) is 29.8 Å². The molecular weight excluding hydrogens is 456 g/mol. The number of hydrogen-bond donors (Lipinski definition) is 0. The minimum atomic E-state index is 0.0236. The highest BCUT2D eigenvalue weighted by molar-refractivity contribution is 5.87. The van der Waals surface area contributed by atoms with Crippen LogP contribution in [0.15, 0.2) is 24.3 Å². The van der Waals surface area contributed by atoms with E-state index in [-0.39, 0.29) is 42.0 Å². The molecule has 0 unspecified atom stereocenters. The third-order valence-corrected chi connectivity index (χ3v) is 8.41. The topological polar surface area (TPSA) is 73.4 Å². The summed E-state index contributed by atoms with van der Waals surface area (Å²) in [7, 11) is 2.10. The first-order chi connectivity index (χ1) is 17.5. The Morgan fingerprint density at radius 2 is 1.72 bits per heavy atom. The molecule has 3 fully saturated rings. The van der Waals surface area contributed by atoms with Gasteiger partial charge in [-0.05, 0) is 57.1 Å². The molecule has 1 aromatic rings. The fraction of sp³-hybridized carbons (Fsp3) is 0.679. The van der Waals surface area contributed by atoms with E-state index in [0.717, 1.165) is 69.6 Å². The zero-order valence-electron chi connectivity index (χ0n) is 21.6. The summed E-state index contributed by atoms with van der Waals surface area (Å²) < 4.78 is 6.18. The first kappa shape index (κ1) is 25.1. The Morgan fingerprint density at radius 3 is 2.50 bits per heavy atom. The van der Waals surface area contributed by atoms with Crippen molar-refractivity contribution >= 4 is 17.7 Å². The number of piperidine rings is 1. The van der Waals surface area contributed by atoms with E-state index < -0.39 is 0 Å². The Hall–Kier alpha value is -2.61. The number of amides is 3. The van der Waals surface area contributed by atoms with Crippen LogP contribution in [0.3, 0.4) is 0 Å². The molecule has 1 saturated carbocycles. The van der Waals surface area contributed by atoms with Crippen LogP contribution in [0.25, 0.3) is 0 Å². The number of carbonyl (C=O) groups is 3. The fourth-order valence-electron chi connectivity index (χ4n) is 5.88. The molecule has 0 radical (unpaired) electrons. The Labute approximate surface area is 214 Å². The zero-order valence-corrected chi connectivity index (χ0v) is 21.6. The molecule has 1 aliphatic carbocycles. The molecule has 196 valence electrons. The van der Waals surface area contributed by atoms with E-state index in [2.05, 4.69) is 11.9 Å². The van der Waals surface area contributed by atoms with E-state index in [1.54, 1.807) is 4.90 Å². The van der Waals surface area contributed by atoms with Gasteiger partial charge in [-0.2, -0.15) is 0 Å². The molecule has 2 bridgehead atoms. The van der Waals surface area contributed by atoms with Gasteiger partial charge in [-0.15, -0.1) is 0 Å². The molecule has 3 amide bonds. The van der Waals surface area contributed by atoms with E-state index in [4.69, 9.17) is 4.74 Å². The lowest BCUT2D eigenvalue weighted by atomic mass is 9.80. The molecule has 2 atom stereocenters. The number of nitrogens with zero attached hydrogens (tertiary/aromatic N) is 4. The monoisotopic (exact) mass is 496 g/mol. The van der Waals surface area contributed by atoms with Crippen molar-refractivity contribution < 1.29 is 19.1 Å². The van der Waals surface area contributed by atoms with Crippen LogP contribution in [-0.4, -0.2) is 96.8 Å². The maximum absolute atomic E-state index is 13.4. The van der Waals surface area contributed by atoms with Gasteiger partial charge in [0.2, 0.25) is 17.7 Å². The number of carbonyl (C=O) groups excluding carboxylic acids is 3. The van der Waals surface area contributed by atoms with Gasteiger partial charge < -0.3 is 24.3 Å². The summed E-state index contributed by atoms with van der Waals surface area (Å²) in [6, 6.07) is 7.86.